The lowest BCUT2D eigenvalue weighted by atomic mass is 9.91. The number of hydrogen-bond donors (Lipinski definition) is 2. The third-order valence-electron chi connectivity index (χ3n) is 5.88. The second kappa shape index (κ2) is 9.38. The number of hydrogen-bond acceptors (Lipinski definition) is 6. The van der Waals surface area contributed by atoms with Crippen LogP contribution in [0.1, 0.15) is 37.1 Å². The Labute approximate surface area is 196 Å². The van der Waals surface area contributed by atoms with Gasteiger partial charge in [0.25, 0.3) is 0 Å². The van der Waals surface area contributed by atoms with Crippen LogP contribution in [0, 0.1) is 0 Å². The summed E-state index contributed by atoms with van der Waals surface area (Å²) in [5, 5.41) is 18.8. The first-order valence-electron chi connectivity index (χ1n) is 10.6. The van der Waals surface area contributed by atoms with Gasteiger partial charge in [-0.05, 0) is 37.1 Å². The molecule has 2 aromatic carbocycles. The van der Waals surface area contributed by atoms with Crippen LogP contribution in [-0.4, -0.2) is 50.2 Å². The van der Waals surface area contributed by atoms with Crippen LogP contribution in [-0.2, 0) is 5.54 Å². The van der Waals surface area contributed by atoms with Crippen LogP contribution in [0.2, 0.25) is 5.02 Å². The molecule has 0 saturated carbocycles. The number of nitrogens with zero attached hydrogens (tertiary/aromatic N) is 4. The van der Waals surface area contributed by atoms with Gasteiger partial charge in [0, 0.05) is 24.7 Å². The van der Waals surface area contributed by atoms with Crippen molar-refractivity contribution in [1.29, 1.82) is 0 Å². The summed E-state index contributed by atoms with van der Waals surface area (Å²) in [6.45, 7) is 4.98. The van der Waals surface area contributed by atoms with Crippen LogP contribution in [0.5, 0.6) is 0 Å². The minimum atomic E-state index is -1.12. The van der Waals surface area contributed by atoms with Crippen LogP contribution in [0.3, 0.4) is 0 Å². The van der Waals surface area contributed by atoms with Crippen molar-refractivity contribution in [3.05, 3.63) is 87.6 Å². The molecule has 33 heavy (non-hydrogen) atoms. The zero-order valence-corrected chi connectivity index (χ0v) is 19.1. The van der Waals surface area contributed by atoms with Gasteiger partial charge in [-0.2, -0.15) is 5.10 Å². The SMILES string of the molecule is CC(C)(C(O)c1ccc(Cl)cc1)n1ncn(OC(=O)N2CCNCC2c2ccccc2)c1=O. The Morgan fingerprint density at radius 1 is 1.21 bits per heavy atom. The number of aliphatic hydroxyl groups is 1. The van der Waals surface area contributed by atoms with Gasteiger partial charge in [-0.25, -0.2) is 14.3 Å². The fraction of sp³-hybridized carbons (Fsp3) is 0.348. The number of benzene rings is 2. The summed E-state index contributed by atoms with van der Waals surface area (Å²) in [5.74, 6) is 0. The van der Waals surface area contributed by atoms with Gasteiger partial charge in [-0.15, -0.1) is 4.73 Å². The van der Waals surface area contributed by atoms with Gasteiger partial charge >= 0.3 is 11.8 Å². The molecule has 2 heterocycles. The quantitative estimate of drug-likeness (QED) is 0.592. The van der Waals surface area contributed by atoms with E-state index in [9.17, 15) is 14.7 Å². The number of carbonyl (C=O) groups excluding carboxylic acids is 1. The maximum atomic E-state index is 13.0. The van der Waals surface area contributed by atoms with E-state index in [4.69, 9.17) is 16.4 Å². The van der Waals surface area contributed by atoms with Crippen molar-refractivity contribution in [2.24, 2.45) is 0 Å². The highest BCUT2D eigenvalue weighted by molar-refractivity contribution is 6.30. The molecular weight excluding hydrogens is 446 g/mol. The monoisotopic (exact) mass is 471 g/mol. The van der Waals surface area contributed by atoms with E-state index in [0.29, 0.717) is 30.2 Å². The van der Waals surface area contributed by atoms with Crippen LogP contribution in [0.15, 0.2) is 65.7 Å². The third kappa shape index (κ3) is 4.66. The highest BCUT2D eigenvalue weighted by atomic mass is 35.5. The summed E-state index contributed by atoms with van der Waals surface area (Å²) >= 11 is 5.93. The summed E-state index contributed by atoms with van der Waals surface area (Å²) in [6, 6.07) is 16.1. The van der Waals surface area contributed by atoms with E-state index in [1.165, 1.54) is 0 Å². The normalized spacial score (nSPS) is 17.6. The number of halogens is 1. The van der Waals surface area contributed by atoms with Gasteiger partial charge in [-0.3, -0.25) is 4.90 Å². The van der Waals surface area contributed by atoms with Crippen molar-refractivity contribution in [3.63, 3.8) is 0 Å². The second-order valence-electron chi connectivity index (χ2n) is 8.44. The molecule has 3 aromatic rings. The fourth-order valence-corrected chi connectivity index (χ4v) is 4.08. The Morgan fingerprint density at radius 2 is 1.91 bits per heavy atom. The summed E-state index contributed by atoms with van der Waals surface area (Å²) in [4.78, 5) is 32.9. The van der Waals surface area contributed by atoms with Crippen molar-refractivity contribution in [2.75, 3.05) is 19.6 Å². The molecule has 0 spiro atoms. The van der Waals surface area contributed by atoms with Gasteiger partial charge in [0.05, 0.1) is 11.6 Å². The van der Waals surface area contributed by atoms with Crippen molar-refractivity contribution >= 4 is 17.7 Å². The van der Waals surface area contributed by atoms with Crippen molar-refractivity contribution < 1.29 is 14.7 Å². The van der Waals surface area contributed by atoms with E-state index < -0.39 is 23.4 Å². The molecule has 2 atom stereocenters. The Kier molecular flexibility index (Phi) is 6.55. The maximum absolute atomic E-state index is 13.0. The van der Waals surface area contributed by atoms with E-state index in [-0.39, 0.29) is 6.04 Å². The molecule has 9 nitrogen and oxygen atoms in total. The number of carbonyl (C=O) groups is 1. The lowest BCUT2D eigenvalue weighted by Crippen LogP contribution is -2.52. The van der Waals surface area contributed by atoms with Crippen molar-refractivity contribution in [3.8, 4) is 0 Å². The van der Waals surface area contributed by atoms with Gasteiger partial charge in [0.1, 0.15) is 6.10 Å². The smallest absolute Gasteiger partial charge is 0.386 e. The maximum Gasteiger partial charge on any atom is 0.435 e. The van der Waals surface area contributed by atoms with Gasteiger partial charge in [0.2, 0.25) is 0 Å². The van der Waals surface area contributed by atoms with Gasteiger partial charge in [-0.1, -0.05) is 54.1 Å². The molecule has 1 aliphatic heterocycles. The Balaban J connectivity index is 1.54. The van der Waals surface area contributed by atoms with E-state index >= 15 is 0 Å². The first-order chi connectivity index (χ1) is 15.8. The molecule has 0 radical (unpaired) electrons. The van der Waals surface area contributed by atoms with Crippen LogP contribution in [0.4, 0.5) is 4.79 Å². The lowest BCUT2D eigenvalue weighted by Gasteiger charge is -2.35. The van der Waals surface area contributed by atoms with Crippen molar-refractivity contribution in [2.45, 2.75) is 31.5 Å². The Hall–Kier alpha value is -3.14. The summed E-state index contributed by atoms with van der Waals surface area (Å²) < 4.78 is 1.90. The average molecular weight is 472 g/mol. The molecule has 1 amide bonds. The zero-order valence-electron chi connectivity index (χ0n) is 18.4. The number of nitrogens with one attached hydrogen (secondary N) is 1. The molecule has 174 valence electrons. The van der Waals surface area contributed by atoms with E-state index in [1.807, 2.05) is 30.3 Å². The highest BCUT2D eigenvalue weighted by Crippen LogP contribution is 2.31. The predicted molar refractivity (Wildman–Crippen MR) is 123 cm³/mol. The number of aliphatic hydroxyl groups excluding tert-OH is 1. The molecule has 10 heteroatoms. The van der Waals surface area contributed by atoms with Crippen LogP contribution >= 0.6 is 11.6 Å². The van der Waals surface area contributed by atoms with E-state index in [2.05, 4.69) is 10.4 Å². The number of rotatable bonds is 5. The minimum absolute atomic E-state index is 0.221. The molecule has 0 aliphatic carbocycles. The molecule has 4 rings (SSSR count). The summed E-state index contributed by atoms with van der Waals surface area (Å²) in [7, 11) is 0. The standard InChI is InChI=1S/C23H26ClN5O4/c1-23(2,20(30)17-8-10-18(24)11-9-17)29-21(31)28(15-26-29)33-22(32)27-13-12-25-14-19(27)16-6-4-3-5-7-16/h3-11,15,19-20,25,30H,12-14H2,1-2H3. The lowest BCUT2D eigenvalue weighted by molar-refractivity contribution is 0.0401. The fourth-order valence-electron chi connectivity index (χ4n) is 3.95. The minimum Gasteiger partial charge on any atom is -0.386 e. The van der Waals surface area contributed by atoms with Crippen LogP contribution < -0.4 is 15.8 Å². The van der Waals surface area contributed by atoms with Crippen molar-refractivity contribution in [1.82, 2.24) is 24.7 Å². The highest BCUT2D eigenvalue weighted by Gasteiger charge is 2.35. The first-order valence-corrected chi connectivity index (χ1v) is 11.0. The predicted octanol–water partition coefficient (Wildman–Crippen LogP) is 2.36. The largest absolute Gasteiger partial charge is 0.435 e. The van der Waals surface area contributed by atoms with E-state index in [0.717, 1.165) is 21.3 Å². The molecule has 2 unspecified atom stereocenters. The van der Waals surface area contributed by atoms with E-state index in [1.54, 1.807) is 43.0 Å². The molecule has 2 N–H and O–H groups in total. The Bertz CT molecular complexity index is 1160. The second-order valence-corrected chi connectivity index (χ2v) is 8.88. The number of piperazine rings is 1. The Morgan fingerprint density at radius 3 is 2.61 bits per heavy atom. The van der Waals surface area contributed by atoms with Gasteiger partial charge in [0.15, 0.2) is 6.33 Å². The summed E-state index contributed by atoms with van der Waals surface area (Å²) in [6.07, 6.45) is -0.568. The molecule has 0 bridgehead atoms. The molecule has 1 aromatic heterocycles. The average Bonchev–Trinajstić information content (AvgIpc) is 3.20. The van der Waals surface area contributed by atoms with Crippen LogP contribution in [0.25, 0.3) is 0 Å². The van der Waals surface area contributed by atoms with Gasteiger partial charge < -0.3 is 15.3 Å². The first kappa shape index (κ1) is 23.0. The number of aromatic nitrogens is 3. The molecule has 1 aliphatic rings. The molecule has 1 saturated heterocycles. The molecular formula is C23H26ClN5O4. The topological polar surface area (TPSA) is 102 Å². The third-order valence-corrected chi connectivity index (χ3v) is 6.13. The summed E-state index contributed by atoms with van der Waals surface area (Å²) in [5.41, 5.74) is -0.247. The molecule has 1 fully saturated rings. The number of amides is 1. The zero-order chi connectivity index (χ0) is 23.6.